The number of allylic oxidation sites excluding steroid dienone is 2. The zero-order chi connectivity index (χ0) is 35.5. The van der Waals surface area contributed by atoms with Crippen LogP contribution in [0.2, 0.25) is 0 Å². The Bertz CT molecular complexity index is 2080. The first-order valence-corrected chi connectivity index (χ1v) is 18.9. The standard InChI is InChI=1S/C48H56N2/c1-10-47(8)40-33-42-41(45(4,5)27-28-46(42,6)7)32-39(40)43-31-37(35-20-13-12-14-21-35)25-30-50(43)48(47,11-2)26-17-23-36-22-15-16-24-38(36)44-34(3)19-18-29-49(44)9/h12-22,24-26,29-33H,10-11,23,27-28H2,1-9H3/q+2. The van der Waals surface area contributed by atoms with E-state index < -0.39 is 0 Å². The number of benzene rings is 3. The zero-order valence-electron chi connectivity index (χ0n) is 31.9. The summed E-state index contributed by atoms with van der Waals surface area (Å²) >= 11 is 0. The highest BCUT2D eigenvalue weighted by atomic mass is 15.1. The lowest BCUT2D eigenvalue weighted by atomic mass is 9.56. The number of aryl methyl sites for hydroxylation is 2. The minimum atomic E-state index is -0.246. The Morgan fingerprint density at radius 2 is 1.34 bits per heavy atom. The van der Waals surface area contributed by atoms with Gasteiger partial charge in [-0.25, -0.2) is 4.57 Å². The minimum Gasteiger partial charge on any atom is -0.201 e. The summed E-state index contributed by atoms with van der Waals surface area (Å²) in [5.41, 5.74) is 15.0. The molecule has 0 fully saturated rings. The van der Waals surface area contributed by atoms with Gasteiger partial charge in [-0.2, -0.15) is 4.57 Å². The molecule has 256 valence electrons. The van der Waals surface area contributed by atoms with Crippen molar-refractivity contribution in [3.05, 3.63) is 143 Å². The van der Waals surface area contributed by atoms with Crippen LogP contribution in [0.1, 0.15) is 102 Å². The highest BCUT2D eigenvalue weighted by Gasteiger charge is 2.58. The Morgan fingerprint density at radius 3 is 2.02 bits per heavy atom. The summed E-state index contributed by atoms with van der Waals surface area (Å²) in [6.45, 7) is 19.4. The highest BCUT2D eigenvalue weighted by molar-refractivity contribution is 5.74. The van der Waals surface area contributed by atoms with Gasteiger partial charge in [0.25, 0.3) is 0 Å². The van der Waals surface area contributed by atoms with Gasteiger partial charge in [-0.3, -0.25) is 0 Å². The molecule has 0 saturated heterocycles. The summed E-state index contributed by atoms with van der Waals surface area (Å²) in [7, 11) is 2.16. The molecule has 0 saturated carbocycles. The van der Waals surface area contributed by atoms with Crippen molar-refractivity contribution in [3.63, 3.8) is 0 Å². The summed E-state index contributed by atoms with van der Waals surface area (Å²) in [6.07, 6.45) is 15.0. The molecule has 2 atom stereocenters. The second-order valence-electron chi connectivity index (χ2n) is 16.6. The Kier molecular flexibility index (Phi) is 8.53. The van der Waals surface area contributed by atoms with Gasteiger partial charge in [-0.05, 0) is 108 Å². The third-order valence-electron chi connectivity index (χ3n) is 12.9. The molecule has 0 amide bonds. The monoisotopic (exact) mass is 660 g/mol. The molecule has 7 rings (SSSR count). The number of nitrogens with zero attached hydrogens (tertiary/aromatic N) is 2. The third-order valence-corrected chi connectivity index (χ3v) is 12.9. The Morgan fingerprint density at radius 1 is 0.660 bits per heavy atom. The van der Waals surface area contributed by atoms with Crippen LogP contribution in [0.4, 0.5) is 0 Å². The molecule has 2 unspecified atom stereocenters. The van der Waals surface area contributed by atoms with Crippen molar-refractivity contribution >= 4 is 0 Å². The van der Waals surface area contributed by atoms with Crippen LogP contribution >= 0.6 is 0 Å². The molecule has 0 spiro atoms. The third kappa shape index (κ3) is 5.29. The summed E-state index contributed by atoms with van der Waals surface area (Å²) in [6, 6.07) is 34.3. The van der Waals surface area contributed by atoms with Crippen LogP contribution in [-0.2, 0) is 35.3 Å². The SMILES string of the molecule is CCC1(C)c2cc3c(cc2-c2cc(-c4ccccc4)cc[n+]2C1(C=CCc1ccccc1-c1c(C)ccc[n+]1C)CC)C(C)(C)CCC3(C)C. The zero-order valence-corrected chi connectivity index (χ0v) is 31.9. The van der Waals surface area contributed by atoms with Gasteiger partial charge in [-0.15, -0.1) is 0 Å². The van der Waals surface area contributed by atoms with Crippen LogP contribution < -0.4 is 9.13 Å². The van der Waals surface area contributed by atoms with Gasteiger partial charge < -0.3 is 0 Å². The van der Waals surface area contributed by atoms with Crippen LogP contribution in [-0.4, -0.2) is 0 Å². The fraction of sp³-hybridized carbons (Fsp3) is 0.375. The maximum atomic E-state index is 2.67. The fourth-order valence-corrected chi connectivity index (χ4v) is 9.55. The molecule has 2 aliphatic rings. The van der Waals surface area contributed by atoms with E-state index in [-0.39, 0.29) is 21.8 Å². The predicted octanol–water partition coefficient (Wildman–Crippen LogP) is 11.0. The number of hydrogen-bond donors (Lipinski definition) is 0. The lowest BCUT2D eigenvalue weighted by molar-refractivity contribution is -0.756. The molecule has 2 nitrogen and oxygen atoms in total. The van der Waals surface area contributed by atoms with Gasteiger partial charge in [-0.1, -0.05) is 102 Å². The number of hydrogen-bond acceptors (Lipinski definition) is 0. The molecule has 0 N–H and O–H groups in total. The second-order valence-corrected chi connectivity index (χ2v) is 16.6. The molecule has 50 heavy (non-hydrogen) atoms. The maximum Gasteiger partial charge on any atom is 0.215 e. The van der Waals surface area contributed by atoms with Gasteiger partial charge in [0.05, 0.1) is 11.0 Å². The van der Waals surface area contributed by atoms with Crippen molar-refractivity contribution in [2.45, 2.75) is 109 Å². The number of rotatable bonds is 7. The average molecular weight is 661 g/mol. The van der Waals surface area contributed by atoms with Crippen molar-refractivity contribution in [3.8, 4) is 33.6 Å². The first kappa shape index (κ1) is 34.2. The van der Waals surface area contributed by atoms with E-state index in [1.165, 1.54) is 68.7 Å². The van der Waals surface area contributed by atoms with E-state index in [1.54, 1.807) is 5.56 Å². The molecule has 2 heteroatoms. The van der Waals surface area contributed by atoms with Gasteiger partial charge in [0.15, 0.2) is 17.9 Å². The molecular weight excluding hydrogens is 605 g/mol. The van der Waals surface area contributed by atoms with Crippen molar-refractivity contribution in [1.29, 1.82) is 0 Å². The molecule has 3 aromatic carbocycles. The van der Waals surface area contributed by atoms with Gasteiger partial charge >= 0.3 is 0 Å². The van der Waals surface area contributed by atoms with Crippen molar-refractivity contribution in [2.75, 3.05) is 0 Å². The maximum absolute atomic E-state index is 2.67. The molecule has 0 radical (unpaired) electrons. The van der Waals surface area contributed by atoms with Gasteiger partial charge in [0.1, 0.15) is 7.05 Å². The van der Waals surface area contributed by atoms with E-state index in [4.69, 9.17) is 0 Å². The molecule has 0 bridgehead atoms. The van der Waals surface area contributed by atoms with E-state index in [0.29, 0.717) is 0 Å². The van der Waals surface area contributed by atoms with E-state index in [0.717, 1.165) is 19.3 Å². The molecule has 2 aromatic heterocycles. The Balaban J connectivity index is 1.44. The lowest BCUT2D eigenvalue weighted by Crippen LogP contribution is -2.68. The molecule has 5 aromatic rings. The number of aromatic nitrogens is 2. The minimum absolute atomic E-state index is 0.117. The Hall–Kier alpha value is -4.30. The van der Waals surface area contributed by atoms with E-state index in [2.05, 4.69) is 187 Å². The molecule has 3 heterocycles. The molecular formula is C48H56N2+2. The molecule has 1 aliphatic heterocycles. The van der Waals surface area contributed by atoms with E-state index in [9.17, 15) is 0 Å². The van der Waals surface area contributed by atoms with Crippen molar-refractivity contribution in [1.82, 2.24) is 0 Å². The topological polar surface area (TPSA) is 7.76 Å². The fourth-order valence-electron chi connectivity index (χ4n) is 9.55. The van der Waals surface area contributed by atoms with Crippen molar-refractivity contribution in [2.24, 2.45) is 7.05 Å². The largest absolute Gasteiger partial charge is 0.215 e. The smallest absolute Gasteiger partial charge is 0.201 e. The van der Waals surface area contributed by atoms with Crippen LogP contribution in [0, 0.1) is 6.92 Å². The highest BCUT2D eigenvalue weighted by Crippen LogP contribution is 2.55. The van der Waals surface area contributed by atoms with E-state index >= 15 is 0 Å². The summed E-state index contributed by atoms with van der Waals surface area (Å²) in [4.78, 5) is 0. The summed E-state index contributed by atoms with van der Waals surface area (Å²) in [5.74, 6) is 0. The van der Waals surface area contributed by atoms with Gasteiger partial charge in [0.2, 0.25) is 11.4 Å². The quantitative estimate of drug-likeness (QED) is 0.121. The van der Waals surface area contributed by atoms with Crippen LogP contribution in [0.15, 0.2) is 116 Å². The number of pyridine rings is 2. The Labute approximate surface area is 301 Å². The normalized spacial score (nSPS) is 21.8. The van der Waals surface area contributed by atoms with E-state index in [1.807, 2.05) is 0 Å². The van der Waals surface area contributed by atoms with Crippen LogP contribution in [0.25, 0.3) is 33.6 Å². The van der Waals surface area contributed by atoms with Gasteiger partial charge in [0, 0.05) is 35.7 Å². The summed E-state index contributed by atoms with van der Waals surface area (Å²) in [5, 5.41) is 0. The lowest BCUT2D eigenvalue weighted by Gasteiger charge is -2.49. The van der Waals surface area contributed by atoms with Crippen LogP contribution in [0.3, 0.4) is 0 Å². The first-order valence-electron chi connectivity index (χ1n) is 18.9. The number of fused-ring (bicyclic) bond motifs is 4. The predicted molar refractivity (Wildman–Crippen MR) is 209 cm³/mol. The summed E-state index contributed by atoms with van der Waals surface area (Å²) < 4.78 is 4.92. The first-order chi connectivity index (χ1) is 23.9. The average Bonchev–Trinajstić information content (AvgIpc) is 3.12. The van der Waals surface area contributed by atoms with Crippen LogP contribution in [0.5, 0.6) is 0 Å². The van der Waals surface area contributed by atoms with Crippen molar-refractivity contribution < 1.29 is 9.13 Å². The molecule has 1 aliphatic carbocycles. The second kappa shape index (κ2) is 12.5.